The van der Waals surface area contributed by atoms with E-state index in [1.165, 1.54) is 41.6 Å². The van der Waals surface area contributed by atoms with Crippen molar-refractivity contribution in [3.8, 4) is 0 Å². The van der Waals surface area contributed by atoms with Gasteiger partial charge in [-0.05, 0) is 75.7 Å². The van der Waals surface area contributed by atoms with Gasteiger partial charge in [-0.2, -0.15) is 0 Å². The van der Waals surface area contributed by atoms with E-state index in [0.717, 1.165) is 13.1 Å². The number of halogens is 1. The first-order valence-electron chi connectivity index (χ1n) is 7.53. The van der Waals surface area contributed by atoms with E-state index in [4.69, 9.17) is 0 Å². The Labute approximate surface area is 137 Å². The minimum atomic E-state index is 0.259. The highest BCUT2D eigenvalue weighted by Gasteiger charge is 2.07. The zero-order valence-corrected chi connectivity index (χ0v) is 15.7. The molecule has 1 N–H and O–H groups in total. The number of rotatable bonds is 9. The molecule has 1 aromatic heterocycles. The van der Waals surface area contributed by atoms with Crippen LogP contribution in [0.4, 0.5) is 0 Å². The van der Waals surface area contributed by atoms with E-state index in [0.29, 0.717) is 0 Å². The van der Waals surface area contributed by atoms with Gasteiger partial charge in [0, 0.05) is 26.8 Å². The third-order valence-electron chi connectivity index (χ3n) is 3.17. The molecular formula is C16H29BrN2S. The number of unbranched alkanes of at least 4 members (excludes halogenated alkanes) is 3. The Morgan fingerprint density at radius 2 is 1.90 bits per heavy atom. The molecule has 0 aromatic carbocycles. The van der Waals surface area contributed by atoms with Crippen molar-refractivity contribution in [1.82, 2.24) is 10.2 Å². The zero-order chi connectivity index (χ0) is 15.0. The Hall–Kier alpha value is 0.1000. The molecule has 20 heavy (non-hydrogen) atoms. The van der Waals surface area contributed by atoms with Crippen LogP contribution in [-0.4, -0.2) is 30.6 Å². The van der Waals surface area contributed by atoms with Crippen LogP contribution in [0, 0.1) is 0 Å². The Morgan fingerprint density at radius 1 is 1.20 bits per heavy atom. The molecule has 0 fully saturated rings. The van der Waals surface area contributed by atoms with Gasteiger partial charge in [-0.15, -0.1) is 11.3 Å². The van der Waals surface area contributed by atoms with Gasteiger partial charge in [-0.3, -0.25) is 0 Å². The molecule has 0 bridgehead atoms. The Morgan fingerprint density at radius 3 is 2.50 bits per heavy atom. The zero-order valence-electron chi connectivity index (χ0n) is 13.3. The maximum Gasteiger partial charge on any atom is 0.0325 e. The van der Waals surface area contributed by atoms with E-state index in [1.54, 1.807) is 0 Å². The Kier molecular flexibility index (Phi) is 8.34. The molecule has 0 radical (unpaired) electrons. The number of hydrogen-bond acceptors (Lipinski definition) is 3. The van der Waals surface area contributed by atoms with E-state index in [2.05, 4.69) is 65.4 Å². The highest BCUT2D eigenvalue weighted by molar-refractivity contribution is 9.10. The summed E-state index contributed by atoms with van der Waals surface area (Å²) in [6.07, 6.45) is 5.27. The highest BCUT2D eigenvalue weighted by Crippen LogP contribution is 2.20. The van der Waals surface area contributed by atoms with E-state index in [-0.39, 0.29) is 5.54 Å². The molecule has 116 valence electrons. The van der Waals surface area contributed by atoms with Crippen LogP contribution in [0.15, 0.2) is 15.9 Å². The first kappa shape index (κ1) is 18.1. The monoisotopic (exact) mass is 360 g/mol. The number of thiophene rings is 1. The summed E-state index contributed by atoms with van der Waals surface area (Å²) in [5, 5.41) is 5.70. The fourth-order valence-corrected chi connectivity index (χ4v) is 3.64. The molecule has 0 aliphatic carbocycles. The van der Waals surface area contributed by atoms with Crippen molar-refractivity contribution in [3.05, 3.63) is 20.8 Å². The molecule has 0 amide bonds. The normalized spacial score (nSPS) is 12.3. The van der Waals surface area contributed by atoms with Gasteiger partial charge in [0.2, 0.25) is 0 Å². The maximum atomic E-state index is 3.54. The lowest BCUT2D eigenvalue weighted by Crippen LogP contribution is -2.36. The van der Waals surface area contributed by atoms with Crippen molar-refractivity contribution >= 4 is 27.3 Å². The molecule has 1 aromatic rings. The molecule has 0 aliphatic rings. The lowest BCUT2D eigenvalue weighted by Gasteiger charge is -2.20. The Balaban J connectivity index is 1.98. The van der Waals surface area contributed by atoms with Crippen molar-refractivity contribution in [2.45, 2.75) is 58.5 Å². The van der Waals surface area contributed by atoms with Crippen molar-refractivity contribution in [3.63, 3.8) is 0 Å². The fraction of sp³-hybridized carbons (Fsp3) is 0.750. The molecule has 0 unspecified atom stereocenters. The molecular weight excluding hydrogens is 332 g/mol. The second-order valence-electron chi connectivity index (χ2n) is 6.56. The van der Waals surface area contributed by atoms with Crippen molar-refractivity contribution in [1.29, 1.82) is 0 Å². The topological polar surface area (TPSA) is 15.3 Å². The molecule has 4 heteroatoms. The third kappa shape index (κ3) is 9.11. The van der Waals surface area contributed by atoms with Gasteiger partial charge in [-0.25, -0.2) is 0 Å². The fourth-order valence-electron chi connectivity index (χ4n) is 2.11. The van der Waals surface area contributed by atoms with Crippen LogP contribution in [-0.2, 0) is 6.54 Å². The lowest BCUT2D eigenvalue weighted by atomic mass is 10.1. The van der Waals surface area contributed by atoms with E-state index >= 15 is 0 Å². The SMILES string of the molecule is CN(CCCCCCNC(C)(C)C)Cc1cc(Br)cs1. The maximum absolute atomic E-state index is 3.54. The van der Waals surface area contributed by atoms with Crippen LogP contribution < -0.4 is 5.32 Å². The first-order chi connectivity index (χ1) is 9.37. The van der Waals surface area contributed by atoms with Crippen LogP contribution in [0.25, 0.3) is 0 Å². The summed E-state index contributed by atoms with van der Waals surface area (Å²) >= 11 is 5.34. The lowest BCUT2D eigenvalue weighted by molar-refractivity contribution is 0.318. The smallest absolute Gasteiger partial charge is 0.0325 e. The third-order valence-corrected chi connectivity index (χ3v) is 4.85. The van der Waals surface area contributed by atoms with Gasteiger partial charge in [0.1, 0.15) is 0 Å². The van der Waals surface area contributed by atoms with E-state index in [9.17, 15) is 0 Å². The highest BCUT2D eigenvalue weighted by atomic mass is 79.9. The predicted molar refractivity (Wildman–Crippen MR) is 94.6 cm³/mol. The molecule has 2 nitrogen and oxygen atoms in total. The second-order valence-corrected chi connectivity index (χ2v) is 8.47. The summed E-state index contributed by atoms with van der Waals surface area (Å²) in [7, 11) is 2.22. The molecule has 0 saturated carbocycles. The summed E-state index contributed by atoms with van der Waals surface area (Å²) in [5.74, 6) is 0. The Bertz CT molecular complexity index is 371. The predicted octanol–water partition coefficient (Wildman–Crippen LogP) is 4.89. The molecule has 1 heterocycles. The van der Waals surface area contributed by atoms with Crippen LogP contribution in [0.2, 0.25) is 0 Å². The van der Waals surface area contributed by atoms with Gasteiger partial charge in [0.25, 0.3) is 0 Å². The number of nitrogens with zero attached hydrogens (tertiary/aromatic N) is 1. The first-order valence-corrected chi connectivity index (χ1v) is 9.20. The van der Waals surface area contributed by atoms with Gasteiger partial charge in [0.05, 0.1) is 0 Å². The minimum Gasteiger partial charge on any atom is -0.312 e. The minimum absolute atomic E-state index is 0.259. The van der Waals surface area contributed by atoms with Crippen LogP contribution in [0.1, 0.15) is 51.3 Å². The van der Waals surface area contributed by atoms with E-state index < -0.39 is 0 Å². The largest absolute Gasteiger partial charge is 0.312 e. The summed E-state index contributed by atoms with van der Waals surface area (Å²) in [6, 6.07) is 2.22. The summed E-state index contributed by atoms with van der Waals surface area (Å²) in [6.45, 7) is 10.1. The van der Waals surface area contributed by atoms with Gasteiger partial charge in [0.15, 0.2) is 0 Å². The molecule has 0 saturated heterocycles. The van der Waals surface area contributed by atoms with Crippen LogP contribution >= 0.6 is 27.3 Å². The van der Waals surface area contributed by atoms with Crippen molar-refractivity contribution in [2.24, 2.45) is 0 Å². The van der Waals surface area contributed by atoms with Crippen molar-refractivity contribution < 1.29 is 0 Å². The van der Waals surface area contributed by atoms with Crippen LogP contribution in [0.5, 0.6) is 0 Å². The summed E-state index contributed by atoms with van der Waals surface area (Å²) in [4.78, 5) is 3.86. The number of nitrogens with one attached hydrogen (secondary N) is 1. The summed E-state index contributed by atoms with van der Waals surface area (Å²) in [5.41, 5.74) is 0.259. The van der Waals surface area contributed by atoms with Gasteiger partial charge >= 0.3 is 0 Å². The van der Waals surface area contributed by atoms with Gasteiger partial charge < -0.3 is 10.2 Å². The molecule has 1 rings (SSSR count). The molecule has 0 aliphatic heterocycles. The number of hydrogen-bond donors (Lipinski definition) is 1. The average molecular weight is 361 g/mol. The standard InChI is InChI=1S/C16H29BrN2S/c1-16(2,3)18-9-7-5-6-8-10-19(4)12-15-11-14(17)13-20-15/h11,13,18H,5-10,12H2,1-4H3. The summed E-state index contributed by atoms with van der Waals surface area (Å²) < 4.78 is 1.21. The van der Waals surface area contributed by atoms with Crippen LogP contribution in [0.3, 0.4) is 0 Å². The molecule has 0 spiro atoms. The quantitative estimate of drug-likeness (QED) is 0.630. The van der Waals surface area contributed by atoms with Crippen molar-refractivity contribution in [2.75, 3.05) is 20.1 Å². The molecule has 0 atom stereocenters. The van der Waals surface area contributed by atoms with E-state index in [1.807, 2.05) is 11.3 Å². The average Bonchev–Trinajstić information content (AvgIpc) is 2.72. The second kappa shape index (κ2) is 9.19. The van der Waals surface area contributed by atoms with Gasteiger partial charge in [-0.1, -0.05) is 12.8 Å².